The molecule has 0 aliphatic heterocycles. The minimum atomic E-state index is -0.324. The monoisotopic (exact) mass is 306 g/mol. The van der Waals surface area contributed by atoms with Gasteiger partial charge in [-0.1, -0.05) is 11.8 Å². The minimum absolute atomic E-state index is 0.0397. The van der Waals surface area contributed by atoms with E-state index in [9.17, 15) is 4.79 Å². The molecule has 1 heterocycles. The van der Waals surface area contributed by atoms with Gasteiger partial charge < -0.3 is 10.1 Å². The first-order chi connectivity index (χ1) is 9.92. The van der Waals surface area contributed by atoms with Crippen LogP contribution in [0.1, 0.15) is 20.8 Å². The highest BCUT2D eigenvalue weighted by Gasteiger charge is 2.12. The number of nitrogens with zero attached hydrogens (tertiary/aromatic N) is 2. The molecule has 0 saturated heterocycles. The lowest BCUT2D eigenvalue weighted by atomic mass is 10.2. The topological polar surface area (TPSA) is 79.9 Å². The van der Waals surface area contributed by atoms with Crippen molar-refractivity contribution in [1.29, 1.82) is 0 Å². The number of rotatable bonds is 5. The number of hydrogen-bond acceptors (Lipinski definition) is 5. The molecule has 0 spiro atoms. The highest BCUT2D eigenvalue weighted by atomic mass is 32.2. The van der Waals surface area contributed by atoms with Crippen LogP contribution in [0.4, 0.5) is 5.69 Å². The summed E-state index contributed by atoms with van der Waals surface area (Å²) >= 11 is 1.47. The molecule has 0 fully saturated rings. The number of carbonyl (C=O) groups is 1. The average Bonchev–Trinajstić information content (AvgIpc) is 2.91. The summed E-state index contributed by atoms with van der Waals surface area (Å²) in [5, 5.41) is 10.1. The quantitative estimate of drug-likeness (QED) is 0.888. The van der Waals surface area contributed by atoms with E-state index in [2.05, 4.69) is 20.5 Å². The van der Waals surface area contributed by atoms with E-state index in [0.29, 0.717) is 0 Å². The largest absolute Gasteiger partial charge is 0.366 e. The number of aromatic amines is 1. The third-order valence-electron chi connectivity index (χ3n) is 2.38. The number of ether oxygens (including phenoxy) is 1. The second-order valence-electron chi connectivity index (χ2n) is 5.37. The fourth-order valence-corrected chi connectivity index (χ4v) is 2.13. The summed E-state index contributed by atoms with van der Waals surface area (Å²) < 4.78 is 5.42. The first kappa shape index (κ1) is 15.5. The average molecular weight is 306 g/mol. The van der Waals surface area contributed by atoms with Crippen LogP contribution >= 0.6 is 11.8 Å². The number of anilines is 1. The van der Waals surface area contributed by atoms with Crippen LogP contribution in [0.2, 0.25) is 0 Å². The Kier molecular flexibility index (Phi) is 4.98. The molecule has 112 valence electrons. The molecule has 1 aromatic heterocycles. The van der Waals surface area contributed by atoms with Crippen LogP contribution in [0.15, 0.2) is 40.6 Å². The molecular weight excluding hydrogens is 288 g/mol. The summed E-state index contributed by atoms with van der Waals surface area (Å²) in [6.07, 6.45) is 1.46. The van der Waals surface area contributed by atoms with Crippen molar-refractivity contribution < 1.29 is 9.53 Å². The van der Waals surface area contributed by atoms with Crippen molar-refractivity contribution >= 4 is 23.4 Å². The van der Waals surface area contributed by atoms with Gasteiger partial charge in [-0.25, -0.2) is 4.98 Å². The molecule has 0 unspecified atom stereocenters. The Morgan fingerprint density at radius 2 is 2.05 bits per heavy atom. The number of benzene rings is 1. The molecule has 0 atom stereocenters. The lowest BCUT2D eigenvalue weighted by molar-refractivity contribution is -0.125. The van der Waals surface area contributed by atoms with Gasteiger partial charge in [-0.05, 0) is 45.0 Å². The second-order valence-corrected chi connectivity index (χ2v) is 6.43. The van der Waals surface area contributed by atoms with Crippen molar-refractivity contribution in [3.05, 3.63) is 30.6 Å². The summed E-state index contributed by atoms with van der Waals surface area (Å²) in [5.74, 6) is -0.166. The Bertz CT molecular complexity index is 576. The SMILES string of the molecule is CC(C)(C)OCC(=O)Nc1ccc(Sc2ncn[nH]2)cc1. The summed E-state index contributed by atoms with van der Waals surface area (Å²) in [4.78, 5) is 16.8. The molecule has 7 heteroatoms. The van der Waals surface area contributed by atoms with Crippen molar-refractivity contribution in [2.75, 3.05) is 11.9 Å². The maximum Gasteiger partial charge on any atom is 0.250 e. The number of amides is 1. The minimum Gasteiger partial charge on any atom is -0.366 e. The first-order valence-corrected chi connectivity index (χ1v) is 7.31. The Hall–Kier alpha value is -1.86. The van der Waals surface area contributed by atoms with Gasteiger partial charge in [-0.2, -0.15) is 5.10 Å². The number of carbonyl (C=O) groups excluding carboxylic acids is 1. The molecule has 0 radical (unpaired) electrons. The number of aromatic nitrogens is 3. The molecule has 0 aliphatic rings. The molecule has 0 saturated carbocycles. The molecule has 2 N–H and O–H groups in total. The van der Waals surface area contributed by atoms with Crippen molar-refractivity contribution in [3.63, 3.8) is 0 Å². The van der Waals surface area contributed by atoms with Gasteiger partial charge in [0.25, 0.3) is 0 Å². The van der Waals surface area contributed by atoms with Crippen LogP contribution in [0.3, 0.4) is 0 Å². The van der Waals surface area contributed by atoms with Crippen molar-refractivity contribution in [3.8, 4) is 0 Å². The van der Waals surface area contributed by atoms with E-state index in [1.807, 2.05) is 45.0 Å². The van der Waals surface area contributed by atoms with Gasteiger partial charge in [-0.15, -0.1) is 0 Å². The number of H-pyrrole nitrogens is 1. The maximum absolute atomic E-state index is 11.7. The fourth-order valence-electron chi connectivity index (χ4n) is 1.44. The third kappa shape index (κ3) is 5.57. The molecule has 0 aliphatic carbocycles. The standard InChI is InChI=1S/C14H18N4O2S/c1-14(2,3)20-8-12(19)17-10-4-6-11(7-5-10)21-13-15-9-16-18-13/h4-7,9H,8H2,1-3H3,(H,17,19)(H,15,16,18). The van der Waals surface area contributed by atoms with E-state index in [0.717, 1.165) is 15.7 Å². The van der Waals surface area contributed by atoms with Gasteiger partial charge in [0.1, 0.15) is 12.9 Å². The summed E-state index contributed by atoms with van der Waals surface area (Å²) in [7, 11) is 0. The third-order valence-corrected chi connectivity index (χ3v) is 3.28. The Morgan fingerprint density at radius 3 is 2.62 bits per heavy atom. The smallest absolute Gasteiger partial charge is 0.250 e. The Labute approximate surface area is 127 Å². The summed E-state index contributed by atoms with van der Waals surface area (Å²) in [6.45, 7) is 5.78. The highest BCUT2D eigenvalue weighted by molar-refractivity contribution is 7.99. The van der Waals surface area contributed by atoms with Gasteiger partial charge in [0.15, 0.2) is 5.16 Å². The molecule has 2 rings (SSSR count). The van der Waals surface area contributed by atoms with E-state index >= 15 is 0 Å². The summed E-state index contributed by atoms with van der Waals surface area (Å²) in [6, 6.07) is 7.50. The maximum atomic E-state index is 11.7. The first-order valence-electron chi connectivity index (χ1n) is 6.49. The van der Waals surface area contributed by atoms with Crippen LogP contribution in [0.5, 0.6) is 0 Å². The zero-order valence-corrected chi connectivity index (χ0v) is 13.0. The van der Waals surface area contributed by atoms with E-state index in [-0.39, 0.29) is 18.1 Å². The Morgan fingerprint density at radius 1 is 1.33 bits per heavy atom. The fraction of sp³-hybridized carbons (Fsp3) is 0.357. The van der Waals surface area contributed by atoms with Gasteiger partial charge in [0.05, 0.1) is 5.60 Å². The molecule has 1 aromatic carbocycles. The number of nitrogens with one attached hydrogen (secondary N) is 2. The highest BCUT2D eigenvalue weighted by Crippen LogP contribution is 2.25. The normalized spacial score (nSPS) is 11.4. The molecule has 0 bridgehead atoms. The van der Waals surface area contributed by atoms with Gasteiger partial charge in [-0.3, -0.25) is 9.89 Å². The zero-order chi connectivity index (χ0) is 15.3. The van der Waals surface area contributed by atoms with Gasteiger partial charge >= 0.3 is 0 Å². The van der Waals surface area contributed by atoms with Crippen molar-refractivity contribution in [2.24, 2.45) is 0 Å². The van der Waals surface area contributed by atoms with E-state index in [4.69, 9.17) is 4.74 Å². The molecule has 21 heavy (non-hydrogen) atoms. The molecular formula is C14H18N4O2S. The van der Waals surface area contributed by atoms with Crippen molar-refractivity contribution in [1.82, 2.24) is 15.2 Å². The van der Waals surface area contributed by atoms with Crippen molar-refractivity contribution in [2.45, 2.75) is 36.4 Å². The van der Waals surface area contributed by atoms with Crippen LogP contribution < -0.4 is 5.32 Å². The predicted octanol–water partition coefficient (Wildman–Crippen LogP) is 2.71. The molecule has 2 aromatic rings. The second kappa shape index (κ2) is 6.73. The van der Waals surface area contributed by atoms with Crippen LogP contribution in [0, 0.1) is 0 Å². The zero-order valence-electron chi connectivity index (χ0n) is 12.2. The lowest BCUT2D eigenvalue weighted by Crippen LogP contribution is -2.27. The van der Waals surface area contributed by atoms with E-state index in [1.54, 1.807) is 0 Å². The van der Waals surface area contributed by atoms with Gasteiger partial charge in [0, 0.05) is 10.6 Å². The van der Waals surface area contributed by atoms with Gasteiger partial charge in [0.2, 0.25) is 5.91 Å². The molecule has 6 nitrogen and oxygen atoms in total. The summed E-state index contributed by atoms with van der Waals surface area (Å²) in [5.41, 5.74) is 0.411. The number of hydrogen-bond donors (Lipinski definition) is 2. The molecule has 1 amide bonds. The van der Waals surface area contributed by atoms with E-state index < -0.39 is 0 Å². The van der Waals surface area contributed by atoms with E-state index in [1.165, 1.54) is 18.1 Å². The Balaban J connectivity index is 1.86. The predicted molar refractivity (Wildman–Crippen MR) is 81.3 cm³/mol. The lowest BCUT2D eigenvalue weighted by Gasteiger charge is -2.19. The van der Waals surface area contributed by atoms with Crippen LogP contribution in [-0.2, 0) is 9.53 Å². The van der Waals surface area contributed by atoms with Crippen LogP contribution in [0.25, 0.3) is 0 Å². The van der Waals surface area contributed by atoms with Crippen LogP contribution in [-0.4, -0.2) is 33.3 Å².